The van der Waals surface area contributed by atoms with Crippen molar-refractivity contribution in [3.05, 3.63) is 48.5 Å². The minimum absolute atomic E-state index is 0.0293. The van der Waals surface area contributed by atoms with Crippen molar-refractivity contribution >= 4 is 62.1 Å². The quantitative estimate of drug-likeness (QED) is 0.262. The molecular formula is C43H56N6O9S2. The Bertz CT molecular complexity index is 2230. The van der Waals surface area contributed by atoms with Crippen molar-refractivity contribution in [3.63, 3.8) is 0 Å². The number of hydrogen-bond donors (Lipinski definition) is 3. The number of sulfonamides is 1. The van der Waals surface area contributed by atoms with E-state index in [0.29, 0.717) is 36.6 Å². The lowest BCUT2D eigenvalue weighted by Crippen LogP contribution is -2.58. The van der Waals surface area contributed by atoms with Gasteiger partial charge in [-0.05, 0) is 118 Å². The molecule has 2 aliphatic heterocycles. The Morgan fingerprint density at radius 2 is 1.77 bits per heavy atom. The zero-order valence-corrected chi connectivity index (χ0v) is 36.7. The molecule has 0 bridgehead atoms. The summed E-state index contributed by atoms with van der Waals surface area (Å²) in [7, 11) is 1.62. The van der Waals surface area contributed by atoms with Crippen LogP contribution in [0.15, 0.2) is 48.5 Å². The predicted molar refractivity (Wildman–Crippen MR) is 231 cm³/mol. The lowest BCUT2D eigenvalue weighted by molar-refractivity contribution is -0.140. The van der Waals surface area contributed by atoms with Crippen LogP contribution in [0, 0.1) is 5.92 Å². The van der Waals surface area contributed by atoms with Gasteiger partial charge in [-0.25, -0.2) is 18.2 Å². The number of ether oxygens (including phenoxy) is 3. The Labute approximate surface area is 356 Å². The van der Waals surface area contributed by atoms with E-state index < -0.39 is 68.4 Å². The monoisotopic (exact) mass is 864 g/mol. The van der Waals surface area contributed by atoms with Gasteiger partial charge in [-0.15, -0.1) is 0 Å². The number of rotatable bonds is 9. The summed E-state index contributed by atoms with van der Waals surface area (Å²) in [5, 5.41) is 6.69. The lowest BCUT2D eigenvalue weighted by atomic mass is 10.1. The Hall–Kier alpha value is -4.77. The standard InChI is InChI=1S/C43H56N6O9S2/c1-42(2,3)58-41(53)45-35-25-59-19-9-7-8-10-28-23-43(28,40(52)47-60(54,55)32-16-17-32)46-37(50)36-22-31(24-49(36)39(35)51)57-38-33-18-13-29(48(4)5)20-27(33)21-34(44-38)26-11-14-30(56-6)15-12-26/h11-15,18,20-21,28,31-32,35-36H,7-10,16-17,19,22-25H2,1-6H3,(H,45,53)(H,46,50)(H,47,52)/t28-,31-,35+,36+,43-/m1/s1. The molecule has 2 aromatic carbocycles. The fourth-order valence-corrected chi connectivity index (χ4v) is 10.4. The zero-order chi connectivity index (χ0) is 43.0. The van der Waals surface area contributed by atoms with Crippen LogP contribution in [0.3, 0.4) is 0 Å². The van der Waals surface area contributed by atoms with Gasteiger partial charge in [0.1, 0.15) is 35.1 Å². The highest BCUT2D eigenvalue weighted by Crippen LogP contribution is 2.48. The van der Waals surface area contributed by atoms with E-state index in [0.717, 1.165) is 47.0 Å². The van der Waals surface area contributed by atoms with Gasteiger partial charge in [0.2, 0.25) is 27.7 Å². The lowest BCUT2D eigenvalue weighted by Gasteiger charge is -2.30. The van der Waals surface area contributed by atoms with Gasteiger partial charge < -0.3 is 34.6 Å². The molecule has 4 aliphatic rings. The van der Waals surface area contributed by atoms with Crippen molar-refractivity contribution in [1.29, 1.82) is 0 Å². The molecule has 0 spiro atoms. The van der Waals surface area contributed by atoms with Crippen LogP contribution in [0.1, 0.15) is 72.1 Å². The Morgan fingerprint density at radius 3 is 2.45 bits per heavy atom. The number of fused-ring (bicyclic) bond motifs is 3. The second-order valence-corrected chi connectivity index (χ2v) is 20.6. The fourth-order valence-electron chi connectivity index (χ4n) is 7.97. The number of benzene rings is 2. The molecule has 0 unspecified atom stereocenters. The first-order chi connectivity index (χ1) is 28.5. The van der Waals surface area contributed by atoms with E-state index in [2.05, 4.69) is 15.4 Å². The maximum Gasteiger partial charge on any atom is 0.408 e. The Kier molecular flexibility index (Phi) is 12.5. The third kappa shape index (κ3) is 9.88. The smallest absolute Gasteiger partial charge is 0.408 e. The molecule has 4 fully saturated rings. The fraction of sp³-hybridized carbons (Fsp3) is 0.558. The maximum atomic E-state index is 14.7. The van der Waals surface area contributed by atoms with E-state index in [1.165, 1.54) is 16.7 Å². The van der Waals surface area contributed by atoms with Gasteiger partial charge in [0.05, 0.1) is 24.6 Å². The van der Waals surface area contributed by atoms with E-state index in [9.17, 15) is 27.6 Å². The molecule has 7 rings (SSSR count). The number of thioether (sulfide) groups is 1. The number of amides is 4. The molecular weight excluding hydrogens is 809 g/mol. The molecule has 60 heavy (non-hydrogen) atoms. The summed E-state index contributed by atoms with van der Waals surface area (Å²) in [4.78, 5) is 64.7. The molecule has 15 nitrogen and oxygen atoms in total. The summed E-state index contributed by atoms with van der Waals surface area (Å²) >= 11 is 1.53. The molecule has 1 aromatic heterocycles. The van der Waals surface area contributed by atoms with Crippen molar-refractivity contribution in [3.8, 4) is 22.9 Å². The van der Waals surface area contributed by atoms with Crippen LogP contribution >= 0.6 is 11.8 Å². The van der Waals surface area contributed by atoms with E-state index in [1.807, 2.05) is 67.5 Å². The van der Waals surface area contributed by atoms with Crippen LogP contribution in [-0.4, -0.2) is 116 Å². The molecule has 0 radical (unpaired) electrons. The van der Waals surface area contributed by atoms with E-state index in [1.54, 1.807) is 27.9 Å². The number of carbonyl (C=O) groups excluding carboxylic acids is 4. The predicted octanol–water partition coefficient (Wildman–Crippen LogP) is 5.01. The van der Waals surface area contributed by atoms with Crippen LogP contribution < -0.4 is 29.7 Å². The molecule has 2 aliphatic carbocycles. The highest BCUT2D eigenvalue weighted by atomic mass is 32.2. The second kappa shape index (κ2) is 17.3. The summed E-state index contributed by atoms with van der Waals surface area (Å²) in [6.45, 7) is 5.17. The van der Waals surface area contributed by atoms with Gasteiger partial charge in [-0.1, -0.05) is 12.8 Å². The second-order valence-electron chi connectivity index (χ2n) is 17.5. The molecule has 17 heteroatoms. The average molecular weight is 865 g/mol. The Morgan fingerprint density at radius 1 is 1.02 bits per heavy atom. The van der Waals surface area contributed by atoms with Crippen molar-refractivity contribution in [2.75, 3.05) is 44.2 Å². The van der Waals surface area contributed by atoms with Crippen molar-refractivity contribution in [1.82, 2.24) is 25.2 Å². The minimum Gasteiger partial charge on any atom is -0.497 e. The number of carbonyl (C=O) groups is 4. The molecule has 3 N–H and O–H groups in total. The van der Waals surface area contributed by atoms with Gasteiger partial charge in [-0.2, -0.15) is 11.8 Å². The normalized spacial score (nSPS) is 25.1. The third-order valence-corrected chi connectivity index (χ3v) is 14.4. The van der Waals surface area contributed by atoms with E-state index >= 15 is 0 Å². The number of hydrogen-bond acceptors (Lipinski definition) is 12. The number of methoxy groups -OCH3 is 1. The molecule has 3 aromatic rings. The molecule has 2 saturated carbocycles. The van der Waals surface area contributed by atoms with Crippen LogP contribution in [0.4, 0.5) is 10.5 Å². The summed E-state index contributed by atoms with van der Waals surface area (Å²) in [5.74, 6) is -0.144. The highest BCUT2D eigenvalue weighted by Gasteiger charge is 2.62. The van der Waals surface area contributed by atoms with Crippen LogP contribution in [-0.2, 0) is 29.1 Å². The first-order valence-corrected chi connectivity index (χ1v) is 23.4. The highest BCUT2D eigenvalue weighted by molar-refractivity contribution is 7.99. The summed E-state index contributed by atoms with van der Waals surface area (Å²) < 4.78 is 45.8. The maximum absolute atomic E-state index is 14.7. The number of nitrogens with one attached hydrogen (secondary N) is 3. The number of nitrogens with zero attached hydrogens (tertiary/aromatic N) is 3. The molecule has 4 amide bonds. The van der Waals surface area contributed by atoms with Gasteiger partial charge >= 0.3 is 6.09 Å². The van der Waals surface area contributed by atoms with Gasteiger partial charge in [-0.3, -0.25) is 19.1 Å². The van der Waals surface area contributed by atoms with Crippen LogP contribution in [0.25, 0.3) is 22.0 Å². The van der Waals surface area contributed by atoms with E-state index in [-0.39, 0.29) is 31.1 Å². The molecule has 2 saturated heterocycles. The van der Waals surface area contributed by atoms with Crippen molar-refractivity contribution in [2.24, 2.45) is 5.92 Å². The minimum atomic E-state index is -3.89. The number of aromatic nitrogens is 1. The largest absolute Gasteiger partial charge is 0.497 e. The summed E-state index contributed by atoms with van der Waals surface area (Å²) in [6, 6.07) is 13.3. The number of anilines is 1. The number of pyridine rings is 1. The van der Waals surface area contributed by atoms with Crippen LogP contribution in [0.5, 0.6) is 11.6 Å². The third-order valence-electron chi connectivity index (χ3n) is 11.5. The van der Waals surface area contributed by atoms with Crippen LogP contribution in [0.2, 0.25) is 0 Å². The molecule has 324 valence electrons. The van der Waals surface area contributed by atoms with Gasteiger partial charge in [0, 0.05) is 42.9 Å². The van der Waals surface area contributed by atoms with Crippen molar-refractivity contribution in [2.45, 2.75) is 107 Å². The average Bonchev–Trinajstić information content (AvgIpc) is 4.12. The van der Waals surface area contributed by atoms with E-state index in [4.69, 9.17) is 19.2 Å². The first-order valence-electron chi connectivity index (χ1n) is 20.7. The molecule has 3 heterocycles. The summed E-state index contributed by atoms with van der Waals surface area (Å²) in [5.41, 5.74) is 0.180. The number of alkyl carbamates (subject to hydrolysis) is 1. The Balaban J connectivity index is 1.23. The zero-order valence-electron chi connectivity index (χ0n) is 35.1. The molecule has 5 atom stereocenters. The van der Waals surface area contributed by atoms with Gasteiger partial charge in [0.25, 0.3) is 5.91 Å². The first kappa shape index (κ1) is 43.3. The van der Waals surface area contributed by atoms with Gasteiger partial charge in [0.15, 0.2) is 0 Å². The van der Waals surface area contributed by atoms with Crippen molar-refractivity contribution < 1.29 is 41.8 Å². The topological polar surface area (TPSA) is 186 Å². The summed E-state index contributed by atoms with van der Waals surface area (Å²) in [6.07, 6.45) is 2.88. The SMILES string of the molecule is COc1ccc(-c2cc3cc(N(C)C)ccc3c(O[C@@H]3C[C@H]4C(=O)N[C@]5(C(=O)NS(=O)(=O)C6CC6)C[C@H]5CCCCCSC[C@H](NC(=O)OC(C)(C)C)C(=O)N4C3)n2)cc1.